The lowest BCUT2D eigenvalue weighted by Gasteiger charge is -2.36. The van der Waals surface area contributed by atoms with Crippen molar-refractivity contribution < 1.29 is 14.0 Å². The van der Waals surface area contributed by atoms with Crippen molar-refractivity contribution >= 4 is 29.2 Å². The first-order valence-corrected chi connectivity index (χ1v) is 9.44. The molecule has 0 radical (unpaired) electrons. The lowest BCUT2D eigenvalue weighted by Crippen LogP contribution is -2.53. The molecule has 2 N–H and O–H groups in total. The molecular formula is C20H22ClFN4O2. The Morgan fingerprint density at radius 1 is 1.00 bits per heavy atom. The van der Waals surface area contributed by atoms with E-state index in [-0.39, 0.29) is 30.8 Å². The van der Waals surface area contributed by atoms with Gasteiger partial charge in [0.2, 0.25) is 5.91 Å². The normalized spacial score (nSPS) is 13.9. The highest BCUT2D eigenvalue weighted by Gasteiger charge is 2.21. The summed E-state index contributed by atoms with van der Waals surface area (Å²) in [6.07, 6.45) is 0. The fraction of sp³-hybridized carbons (Fsp3) is 0.300. The van der Waals surface area contributed by atoms with Gasteiger partial charge >= 0.3 is 6.03 Å². The van der Waals surface area contributed by atoms with Crippen LogP contribution in [0.15, 0.2) is 48.5 Å². The van der Waals surface area contributed by atoms with Gasteiger partial charge < -0.3 is 20.4 Å². The van der Waals surface area contributed by atoms with Gasteiger partial charge in [-0.2, -0.15) is 0 Å². The van der Waals surface area contributed by atoms with Gasteiger partial charge in [-0.15, -0.1) is 0 Å². The van der Waals surface area contributed by atoms with Crippen molar-refractivity contribution in [3.63, 3.8) is 0 Å². The molecule has 2 aromatic carbocycles. The van der Waals surface area contributed by atoms with E-state index in [1.165, 1.54) is 6.07 Å². The van der Waals surface area contributed by atoms with Crippen molar-refractivity contribution in [1.82, 2.24) is 15.5 Å². The Hall–Kier alpha value is -2.80. The molecule has 3 amide bonds. The molecule has 6 nitrogen and oxygen atoms in total. The quantitative estimate of drug-likeness (QED) is 0.805. The summed E-state index contributed by atoms with van der Waals surface area (Å²) < 4.78 is 13.5. The smallest absolute Gasteiger partial charge is 0.317 e. The monoisotopic (exact) mass is 404 g/mol. The summed E-state index contributed by atoms with van der Waals surface area (Å²) in [6.45, 7) is 2.41. The molecule has 3 rings (SSSR count). The van der Waals surface area contributed by atoms with Gasteiger partial charge in [0, 0.05) is 49.0 Å². The van der Waals surface area contributed by atoms with Crippen LogP contribution in [0, 0.1) is 5.82 Å². The Bertz CT molecular complexity index is 840. The number of hydrogen-bond acceptors (Lipinski definition) is 3. The van der Waals surface area contributed by atoms with Crippen LogP contribution in [0.2, 0.25) is 5.02 Å². The van der Waals surface area contributed by atoms with Crippen LogP contribution < -0.4 is 15.5 Å². The van der Waals surface area contributed by atoms with E-state index < -0.39 is 0 Å². The van der Waals surface area contributed by atoms with Gasteiger partial charge in [0.15, 0.2) is 0 Å². The van der Waals surface area contributed by atoms with Crippen LogP contribution in [-0.4, -0.2) is 49.6 Å². The van der Waals surface area contributed by atoms with E-state index in [4.69, 9.17) is 11.6 Å². The summed E-state index contributed by atoms with van der Waals surface area (Å²) in [5, 5.41) is 5.89. The number of nitrogens with zero attached hydrogens (tertiary/aromatic N) is 2. The average Bonchev–Trinajstić information content (AvgIpc) is 2.71. The maximum Gasteiger partial charge on any atom is 0.317 e. The highest BCUT2D eigenvalue weighted by atomic mass is 35.5. The second-order valence-corrected chi connectivity index (χ2v) is 6.92. The first-order chi connectivity index (χ1) is 13.5. The minimum Gasteiger partial charge on any atom is -0.368 e. The molecule has 1 aliphatic heterocycles. The zero-order chi connectivity index (χ0) is 19.9. The number of halogens is 2. The number of amides is 3. The molecule has 0 aliphatic carbocycles. The Morgan fingerprint density at radius 3 is 2.46 bits per heavy atom. The molecule has 1 fully saturated rings. The number of rotatable bonds is 5. The molecular weight excluding hydrogens is 383 g/mol. The summed E-state index contributed by atoms with van der Waals surface area (Å²) in [4.78, 5) is 28.0. The fourth-order valence-electron chi connectivity index (χ4n) is 3.01. The molecule has 1 aliphatic rings. The molecule has 8 heteroatoms. The van der Waals surface area contributed by atoms with Crippen LogP contribution in [0.4, 0.5) is 14.9 Å². The van der Waals surface area contributed by atoms with Crippen LogP contribution in [0.3, 0.4) is 0 Å². The summed E-state index contributed by atoms with van der Waals surface area (Å²) in [5.74, 6) is -0.737. The summed E-state index contributed by atoms with van der Waals surface area (Å²) in [5.41, 5.74) is 1.43. The summed E-state index contributed by atoms with van der Waals surface area (Å²) in [6, 6.07) is 13.6. The van der Waals surface area contributed by atoms with E-state index in [9.17, 15) is 14.0 Å². The van der Waals surface area contributed by atoms with Crippen molar-refractivity contribution in [2.24, 2.45) is 0 Å². The summed E-state index contributed by atoms with van der Waals surface area (Å²) >= 11 is 6.03. The first kappa shape index (κ1) is 19.9. The van der Waals surface area contributed by atoms with E-state index in [2.05, 4.69) is 15.5 Å². The molecule has 1 heterocycles. The highest BCUT2D eigenvalue weighted by molar-refractivity contribution is 6.30. The van der Waals surface area contributed by atoms with E-state index in [1.54, 1.807) is 23.1 Å². The van der Waals surface area contributed by atoms with E-state index in [0.717, 1.165) is 5.69 Å². The number of carbonyl (C=O) groups is 2. The standard InChI is InChI=1S/C20H22ClFN4O2/c21-16-5-3-6-17(12-16)25-8-10-26(11-9-25)20(28)24-14-19(27)23-13-15-4-1-2-7-18(15)22/h1-7,12H,8-11,13-14H2,(H,23,27)(H,24,28). The van der Waals surface area contributed by atoms with E-state index >= 15 is 0 Å². The van der Waals surface area contributed by atoms with Crippen molar-refractivity contribution in [1.29, 1.82) is 0 Å². The van der Waals surface area contributed by atoms with Crippen molar-refractivity contribution in [2.45, 2.75) is 6.54 Å². The topological polar surface area (TPSA) is 64.7 Å². The minimum atomic E-state index is -0.371. The third kappa shape index (κ3) is 5.36. The minimum absolute atomic E-state index is 0.0830. The maximum absolute atomic E-state index is 13.5. The maximum atomic E-state index is 13.5. The number of urea groups is 1. The van der Waals surface area contributed by atoms with E-state index in [0.29, 0.717) is 36.8 Å². The Balaban J connectivity index is 1.39. The van der Waals surface area contributed by atoms with E-state index in [1.807, 2.05) is 24.3 Å². The highest BCUT2D eigenvalue weighted by Crippen LogP contribution is 2.20. The molecule has 0 spiro atoms. The van der Waals surface area contributed by atoms with Crippen LogP contribution in [0.1, 0.15) is 5.56 Å². The van der Waals surface area contributed by atoms with Gasteiger partial charge in [-0.1, -0.05) is 35.9 Å². The molecule has 0 aromatic heterocycles. The van der Waals surface area contributed by atoms with Crippen molar-refractivity contribution in [3.05, 3.63) is 64.9 Å². The zero-order valence-corrected chi connectivity index (χ0v) is 16.1. The average molecular weight is 405 g/mol. The molecule has 28 heavy (non-hydrogen) atoms. The molecule has 148 valence electrons. The van der Waals surface area contributed by atoms with Gasteiger partial charge in [0.1, 0.15) is 5.82 Å². The van der Waals surface area contributed by atoms with Crippen LogP contribution in [0.5, 0.6) is 0 Å². The second-order valence-electron chi connectivity index (χ2n) is 6.48. The molecule has 1 saturated heterocycles. The predicted molar refractivity (Wildman–Crippen MR) is 107 cm³/mol. The number of benzene rings is 2. The third-order valence-electron chi connectivity index (χ3n) is 4.57. The number of nitrogens with one attached hydrogen (secondary N) is 2. The Morgan fingerprint density at radius 2 is 1.75 bits per heavy atom. The molecule has 2 aromatic rings. The Labute approximate surface area is 168 Å². The van der Waals surface area contributed by atoms with Gasteiger partial charge in [0.05, 0.1) is 6.54 Å². The molecule has 0 saturated carbocycles. The van der Waals surface area contributed by atoms with Crippen molar-refractivity contribution in [2.75, 3.05) is 37.6 Å². The summed E-state index contributed by atoms with van der Waals surface area (Å²) in [7, 11) is 0. The SMILES string of the molecule is O=C(CNC(=O)N1CCN(c2cccc(Cl)c2)CC1)NCc1ccccc1F. The number of carbonyl (C=O) groups excluding carboxylic acids is 2. The Kier molecular flexibility index (Phi) is 6.71. The lowest BCUT2D eigenvalue weighted by atomic mass is 10.2. The van der Waals surface area contributed by atoms with Crippen LogP contribution in [0.25, 0.3) is 0 Å². The lowest BCUT2D eigenvalue weighted by molar-refractivity contribution is -0.120. The van der Waals surface area contributed by atoms with Crippen LogP contribution in [-0.2, 0) is 11.3 Å². The predicted octanol–water partition coefficient (Wildman–Crippen LogP) is 2.63. The largest absolute Gasteiger partial charge is 0.368 e. The van der Waals surface area contributed by atoms with Gasteiger partial charge in [0.25, 0.3) is 0 Å². The molecule has 0 atom stereocenters. The number of hydrogen-bond donors (Lipinski definition) is 2. The van der Waals surface area contributed by atoms with Gasteiger partial charge in [-0.05, 0) is 24.3 Å². The third-order valence-corrected chi connectivity index (χ3v) is 4.81. The fourth-order valence-corrected chi connectivity index (χ4v) is 3.19. The molecule has 0 unspecified atom stereocenters. The first-order valence-electron chi connectivity index (χ1n) is 9.06. The van der Waals surface area contributed by atoms with Crippen LogP contribution >= 0.6 is 11.6 Å². The molecule has 0 bridgehead atoms. The van der Waals surface area contributed by atoms with Gasteiger partial charge in [-0.25, -0.2) is 9.18 Å². The van der Waals surface area contributed by atoms with Crippen molar-refractivity contribution in [3.8, 4) is 0 Å². The number of anilines is 1. The van der Waals surface area contributed by atoms with Gasteiger partial charge in [-0.3, -0.25) is 4.79 Å². The second kappa shape index (κ2) is 9.41. The number of piperazine rings is 1. The zero-order valence-electron chi connectivity index (χ0n) is 15.3.